The Labute approximate surface area is 260 Å². The Kier molecular flexibility index (Phi) is 9.91. The molecule has 44 heavy (non-hydrogen) atoms. The van der Waals surface area contributed by atoms with E-state index in [1.807, 2.05) is 4.72 Å². The van der Waals surface area contributed by atoms with Gasteiger partial charge in [-0.2, -0.15) is 8.42 Å². The summed E-state index contributed by atoms with van der Waals surface area (Å²) in [6, 6.07) is 4.31. The van der Waals surface area contributed by atoms with E-state index in [1.165, 1.54) is 11.9 Å². The standard InChI is InChI=1S/C30H45N7O6S/c1-20-26(36-16-12-21(13-17-36)23-11-10-22-9-8-15-31-25(22)34-23)32-19-33-27(20)37(18-14-24(38)42-29(2,3)4)44(40,41)35-28(39)43-30(5,6)7/h10-11,19,21H,8-9,12-18H2,1-7H3,(H,31,34)(H,35,39). The monoisotopic (exact) mass is 631 g/mol. The molecule has 0 aromatic carbocycles. The topological polar surface area (TPSA) is 156 Å². The van der Waals surface area contributed by atoms with Gasteiger partial charge in [-0.1, -0.05) is 6.07 Å². The van der Waals surface area contributed by atoms with Gasteiger partial charge in [0.25, 0.3) is 0 Å². The highest BCUT2D eigenvalue weighted by Gasteiger charge is 2.33. The molecule has 0 atom stereocenters. The van der Waals surface area contributed by atoms with Crippen LogP contribution in [0.5, 0.6) is 0 Å². The number of piperidine rings is 1. The second-order valence-corrected chi connectivity index (χ2v) is 14.8. The van der Waals surface area contributed by atoms with Gasteiger partial charge < -0.3 is 19.7 Å². The first kappa shape index (κ1) is 33.2. The van der Waals surface area contributed by atoms with Gasteiger partial charge in [0.05, 0.1) is 6.42 Å². The van der Waals surface area contributed by atoms with Crippen LogP contribution in [0.15, 0.2) is 18.5 Å². The molecule has 0 radical (unpaired) electrons. The third-order valence-corrected chi connectivity index (χ3v) is 8.60. The van der Waals surface area contributed by atoms with Crippen molar-refractivity contribution in [1.29, 1.82) is 0 Å². The van der Waals surface area contributed by atoms with Gasteiger partial charge in [0.2, 0.25) is 0 Å². The summed E-state index contributed by atoms with van der Waals surface area (Å²) in [7, 11) is -4.53. The minimum absolute atomic E-state index is 0.0548. The fourth-order valence-electron chi connectivity index (χ4n) is 5.34. The van der Waals surface area contributed by atoms with Gasteiger partial charge >= 0.3 is 22.3 Å². The largest absolute Gasteiger partial charge is 0.460 e. The molecule has 2 N–H and O–H groups in total. The number of carbonyl (C=O) groups excluding carboxylic acids is 2. The Morgan fingerprint density at radius 3 is 2.41 bits per heavy atom. The summed E-state index contributed by atoms with van der Waals surface area (Å²) in [5, 5.41) is 3.41. The molecule has 0 unspecified atom stereocenters. The van der Waals surface area contributed by atoms with Crippen molar-refractivity contribution in [3.8, 4) is 0 Å². The SMILES string of the molecule is Cc1c(N2CCC(c3ccc4c(n3)NCCC4)CC2)ncnc1N(CCC(=O)OC(C)(C)C)S(=O)(=O)NC(=O)OC(C)(C)C. The Morgan fingerprint density at radius 2 is 1.75 bits per heavy atom. The van der Waals surface area contributed by atoms with E-state index in [0.29, 0.717) is 30.4 Å². The van der Waals surface area contributed by atoms with Crippen LogP contribution in [0.1, 0.15) is 90.0 Å². The van der Waals surface area contributed by atoms with E-state index in [-0.39, 0.29) is 18.8 Å². The molecule has 0 spiro atoms. The normalized spacial score (nSPS) is 16.0. The van der Waals surface area contributed by atoms with Crippen molar-refractivity contribution >= 4 is 39.7 Å². The van der Waals surface area contributed by atoms with Crippen LogP contribution in [0.3, 0.4) is 0 Å². The van der Waals surface area contributed by atoms with E-state index in [4.69, 9.17) is 14.5 Å². The van der Waals surface area contributed by atoms with Crippen molar-refractivity contribution in [2.45, 2.75) is 97.7 Å². The van der Waals surface area contributed by atoms with Gasteiger partial charge in [0.1, 0.15) is 29.2 Å². The Morgan fingerprint density at radius 1 is 1.07 bits per heavy atom. The lowest BCUT2D eigenvalue weighted by atomic mass is 9.92. The molecule has 1 amide bonds. The third kappa shape index (κ3) is 8.70. The zero-order valence-electron chi connectivity index (χ0n) is 26.8. The second kappa shape index (κ2) is 13.1. The molecule has 2 aromatic heterocycles. The molecule has 0 saturated carbocycles. The van der Waals surface area contributed by atoms with E-state index in [0.717, 1.165) is 48.0 Å². The molecular formula is C30H45N7O6S. The molecule has 0 bridgehead atoms. The first-order valence-electron chi connectivity index (χ1n) is 15.1. The Bertz CT molecular complexity index is 1460. The average Bonchev–Trinajstić information content (AvgIpc) is 2.91. The number of fused-ring (bicyclic) bond motifs is 1. The molecule has 4 rings (SSSR count). The second-order valence-electron chi connectivity index (χ2n) is 13.2. The molecule has 4 heterocycles. The average molecular weight is 632 g/mol. The molecule has 14 heteroatoms. The number of carbonyl (C=O) groups is 2. The molecule has 1 saturated heterocycles. The summed E-state index contributed by atoms with van der Waals surface area (Å²) < 4.78 is 40.5. The van der Waals surface area contributed by atoms with Crippen molar-refractivity contribution in [2.75, 3.05) is 40.7 Å². The lowest BCUT2D eigenvalue weighted by molar-refractivity contribution is -0.154. The number of nitrogens with zero attached hydrogens (tertiary/aromatic N) is 5. The number of esters is 1. The quantitative estimate of drug-likeness (QED) is 0.402. The zero-order chi connectivity index (χ0) is 32.3. The van der Waals surface area contributed by atoms with Gasteiger partial charge in [0.15, 0.2) is 5.82 Å². The summed E-state index contributed by atoms with van der Waals surface area (Å²) >= 11 is 0. The predicted molar refractivity (Wildman–Crippen MR) is 168 cm³/mol. The summed E-state index contributed by atoms with van der Waals surface area (Å²) in [5.74, 6) is 1.34. The maximum absolute atomic E-state index is 13.5. The highest BCUT2D eigenvalue weighted by atomic mass is 32.2. The first-order chi connectivity index (χ1) is 20.5. The summed E-state index contributed by atoms with van der Waals surface area (Å²) in [6.07, 6.45) is 3.75. The minimum Gasteiger partial charge on any atom is -0.460 e. The van der Waals surface area contributed by atoms with Gasteiger partial charge in [-0.05, 0) is 85.8 Å². The van der Waals surface area contributed by atoms with Gasteiger partial charge in [-0.3, -0.25) is 4.79 Å². The van der Waals surface area contributed by atoms with E-state index in [9.17, 15) is 18.0 Å². The number of ether oxygens (including phenoxy) is 2. The van der Waals surface area contributed by atoms with Gasteiger partial charge in [-0.15, -0.1) is 0 Å². The molecule has 13 nitrogen and oxygen atoms in total. The lowest BCUT2D eigenvalue weighted by Gasteiger charge is -2.34. The Balaban J connectivity index is 1.54. The first-order valence-corrected chi connectivity index (χ1v) is 16.5. The van der Waals surface area contributed by atoms with Crippen LogP contribution in [0.4, 0.5) is 22.2 Å². The lowest BCUT2D eigenvalue weighted by Crippen LogP contribution is -2.47. The maximum atomic E-state index is 13.5. The van der Waals surface area contributed by atoms with E-state index in [2.05, 4.69) is 32.3 Å². The van der Waals surface area contributed by atoms with Gasteiger partial charge in [-0.25, -0.2) is 28.8 Å². The number of aryl methyl sites for hydroxylation is 1. The van der Waals surface area contributed by atoms with Crippen LogP contribution in [0.2, 0.25) is 0 Å². The maximum Gasteiger partial charge on any atom is 0.422 e. The van der Waals surface area contributed by atoms with Crippen LogP contribution >= 0.6 is 0 Å². The number of pyridine rings is 1. The van der Waals surface area contributed by atoms with Crippen molar-refractivity contribution in [2.24, 2.45) is 0 Å². The van der Waals surface area contributed by atoms with Crippen molar-refractivity contribution in [3.63, 3.8) is 0 Å². The highest BCUT2D eigenvalue weighted by Crippen LogP contribution is 2.34. The molecule has 2 aromatic rings. The van der Waals surface area contributed by atoms with Crippen molar-refractivity contribution in [3.05, 3.63) is 35.3 Å². The number of hydrogen-bond donors (Lipinski definition) is 2. The van der Waals surface area contributed by atoms with Crippen LogP contribution in [-0.2, 0) is 30.9 Å². The zero-order valence-corrected chi connectivity index (χ0v) is 27.6. The molecule has 2 aliphatic heterocycles. The van der Waals surface area contributed by atoms with Crippen molar-refractivity contribution in [1.82, 2.24) is 19.7 Å². The molecule has 2 aliphatic rings. The molecule has 1 fully saturated rings. The van der Waals surface area contributed by atoms with Crippen LogP contribution < -0.4 is 19.2 Å². The number of hydrogen-bond acceptors (Lipinski definition) is 11. The van der Waals surface area contributed by atoms with E-state index in [1.54, 1.807) is 48.5 Å². The third-order valence-electron chi connectivity index (χ3n) is 7.24. The number of rotatable bonds is 8. The number of anilines is 3. The molecule has 0 aliphatic carbocycles. The van der Waals surface area contributed by atoms with Crippen LogP contribution in [0.25, 0.3) is 0 Å². The van der Waals surface area contributed by atoms with Crippen molar-refractivity contribution < 1.29 is 27.5 Å². The van der Waals surface area contributed by atoms with Gasteiger partial charge in [0, 0.05) is 43.4 Å². The number of aromatic nitrogens is 3. The molecular weight excluding hydrogens is 586 g/mol. The molecule has 242 valence electrons. The number of amides is 1. The predicted octanol–water partition coefficient (Wildman–Crippen LogP) is 4.23. The van der Waals surface area contributed by atoms with Crippen LogP contribution in [-0.4, -0.2) is 72.8 Å². The van der Waals surface area contributed by atoms with E-state index >= 15 is 0 Å². The summed E-state index contributed by atoms with van der Waals surface area (Å²) in [4.78, 5) is 40.8. The van der Waals surface area contributed by atoms with Crippen LogP contribution in [0, 0.1) is 6.92 Å². The smallest absolute Gasteiger partial charge is 0.422 e. The summed E-state index contributed by atoms with van der Waals surface area (Å²) in [5.41, 5.74) is 1.17. The summed E-state index contributed by atoms with van der Waals surface area (Å²) in [6.45, 7) is 13.8. The highest BCUT2D eigenvalue weighted by molar-refractivity contribution is 7.91. The fraction of sp³-hybridized carbons (Fsp3) is 0.633. The fourth-order valence-corrected chi connectivity index (χ4v) is 6.45. The van der Waals surface area contributed by atoms with E-state index < -0.39 is 33.5 Å². The Hall–Kier alpha value is -3.68. The number of nitrogens with one attached hydrogen (secondary N) is 2. The minimum atomic E-state index is -4.53.